The molecular weight excluding hydrogens is 204 g/mol. The van der Waals surface area contributed by atoms with E-state index in [4.69, 9.17) is 0 Å². The zero-order valence-corrected chi connectivity index (χ0v) is 10.9. The van der Waals surface area contributed by atoms with Crippen LogP contribution in [0, 0.1) is 16.9 Å². The van der Waals surface area contributed by atoms with Crippen molar-refractivity contribution in [3.8, 4) is 11.5 Å². The van der Waals surface area contributed by atoms with Crippen molar-refractivity contribution in [2.24, 2.45) is 5.41 Å². The van der Waals surface area contributed by atoms with Crippen molar-refractivity contribution in [3.05, 3.63) is 0 Å². The lowest BCUT2D eigenvalue weighted by atomic mass is 9.75. The number of hydrogen-bond donors (Lipinski definition) is 1. The Hall–Kier alpha value is -0.753. The van der Waals surface area contributed by atoms with Gasteiger partial charge in [0.15, 0.2) is 0 Å². The van der Waals surface area contributed by atoms with Gasteiger partial charge in [0, 0.05) is 0 Å². The summed E-state index contributed by atoms with van der Waals surface area (Å²) in [6.45, 7) is 6.45. The maximum absolute atomic E-state index is 11.3. The van der Waals surface area contributed by atoms with Gasteiger partial charge in [0.05, 0.1) is 0 Å². The van der Waals surface area contributed by atoms with Crippen molar-refractivity contribution in [3.63, 3.8) is 0 Å². The maximum Gasteiger partial charge on any atom is 0.321 e. The molecule has 0 amide bonds. The van der Waals surface area contributed by atoms with Crippen LogP contribution in [-0.2, 0) is 4.79 Å². The van der Waals surface area contributed by atoms with E-state index in [1.807, 2.05) is 0 Å². The Morgan fingerprint density at radius 3 is 2.13 bits per heavy atom. The molecule has 0 saturated heterocycles. The second kappa shape index (κ2) is 4.40. The first-order valence-corrected chi connectivity index (χ1v) is 9.13. The highest BCUT2D eigenvalue weighted by atomic mass is 28.3. The molecule has 0 aromatic rings. The van der Waals surface area contributed by atoms with Gasteiger partial charge in [-0.25, -0.2) is 0 Å². The van der Waals surface area contributed by atoms with E-state index >= 15 is 0 Å². The quantitative estimate of drug-likeness (QED) is 0.549. The van der Waals surface area contributed by atoms with E-state index < -0.39 is 19.5 Å². The average molecular weight is 224 g/mol. The fourth-order valence-electron chi connectivity index (χ4n) is 1.85. The predicted molar refractivity (Wildman–Crippen MR) is 64.3 cm³/mol. The van der Waals surface area contributed by atoms with Crippen molar-refractivity contribution < 1.29 is 9.90 Å². The molecule has 1 fully saturated rings. The van der Waals surface area contributed by atoms with E-state index in [2.05, 4.69) is 31.1 Å². The minimum absolute atomic E-state index is 0.715. The highest BCUT2D eigenvalue weighted by Crippen LogP contribution is 2.36. The lowest BCUT2D eigenvalue weighted by Gasteiger charge is -2.28. The predicted octanol–water partition coefficient (Wildman–Crippen LogP) is 2.90. The van der Waals surface area contributed by atoms with Crippen molar-refractivity contribution in [1.29, 1.82) is 0 Å². The van der Waals surface area contributed by atoms with Crippen molar-refractivity contribution >= 4 is 14.0 Å². The molecule has 0 radical (unpaired) electrons. The lowest BCUT2D eigenvalue weighted by molar-refractivity contribution is -0.146. The molecule has 0 aliphatic heterocycles. The first-order chi connectivity index (χ1) is 6.86. The molecule has 0 spiro atoms. The van der Waals surface area contributed by atoms with Crippen LogP contribution in [0.15, 0.2) is 0 Å². The topological polar surface area (TPSA) is 37.3 Å². The summed E-state index contributed by atoms with van der Waals surface area (Å²) in [6.07, 6.45) is 4.64. The molecular formula is C12H20O2Si. The third-order valence-corrected chi connectivity index (χ3v) is 3.67. The molecule has 0 aromatic carbocycles. The van der Waals surface area contributed by atoms with Gasteiger partial charge in [0.2, 0.25) is 0 Å². The molecule has 0 aromatic heterocycles. The third kappa shape index (κ3) is 3.39. The molecule has 3 heteroatoms. The highest BCUT2D eigenvalue weighted by molar-refractivity contribution is 6.83. The summed E-state index contributed by atoms with van der Waals surface area (Å²) in [5.74, 6) is 2.37. The molecule has 0 heterocycles. The van der Waals surface area contributed by atoms with Crippen LogP contribution in [0.2, 0.25) is 19.6 Å². The van der Waals surface area contributed by atoms with Crippen LogP contribution in [0.4, 0.5) is 0 Å². The second-order valence-electron chi connectivity index (χ2n) is 5.45. The number of carboxylic acids is 1. The van der Waals surface area contributed by atoms with Gasteiger partial charge < -0.3 is 5.11 Å². The Bertz CT molecular complexity index is 298. The van der Waals surface area contributed by atoms with Gasteiger partial charge in [-0.05, 0) is 12.8 Å². The van der Waals surface area contributed by atoms with Gasteiger partial charge in [-0.2, -0.15) is 0 Å². The number of hydrogen-bond acceptors (Lipinski definition) is 1. The molecule has 1 N–H and O–H groups in total. The van der Waals surface area contributed by atoms with Crippen molar-refractivity contribution in [2.45, 2.75) is 51.7 Å². The van der Waals surface area contributed by atoms with E-state index in [1.165, 1.54) is 0 Å². The summed E-state index contributed by atoms with van der Waals surface area (Å²) in [7, 11) is -1.46. The SMILES string of the molecule is C[Si](C)(C)C#CC1(C(=O)O)CCCCC1. The number of aliphatic carboxylic acids is 1. The molecule has 2 nitrogen and oxygen atoms in total. The van der Waals surface area contributed by atoms with Gasteiger partial charge in [-0.1, -0.05) is 44.8 Å². The first kappa shape index (κ1) is 12.3. The van der Waals surface area contributed by atoms with Crippen LogP contribution in [0.5, 0.6) is 0 Å². The Morgan fingerprint density at radius 1 is 1.20 bits per heavy atom. The fourth-order valence-corrected chi connectivity index (χ4v) is 2.47. The fraction of sp³-hybridized carbons (Fsp3) is 0.750. The van der Waals surface area contributed by atoms with Crippen LogP contribution in [0.1, 0.15) is 32.1 Å². The van der Waals surface area contributed by atoms with E-state index in [9.17, 15) is 9.90 Å². The minimum atomic E-state index is -1.46. The van der Waals surface area contributed by atoms with Crippen LogP contribution in [0.3, 0.4) is 0 Å². The van der Waals surface area contributed by atoms with Gasteiger partial charge >= 0.3 is 5.97 Å². The molecule has 15 heavy (non-hydrogen) atoms. The number of carboxylic acid groups (broad SMARTS) is 1. The van der Waals surface area contributed by atoms with Gasteiger partial charge in [0.25, 0.3) is 0 Å². The van der Waals surface area contributed by atoms with E-state index in [-0.39, 0.29) is 0 Å². The molecule has 1 aliphatic carbocycles. The zero-order chi connectivity index (χ0) is 11.5. The molecule has 1 aliphatic rings. The van der Waals surface area contributed by atoms with Crippen LogP contribution < -0.4 is 0 Å². The highest BCUT2D eigenvalue weighted by Gasteiger charge is 2.38. The summed E-state index contributed by atoms with van der Waals surface area (Å²) in [6, 6.07) is 0. The molecule has 84 valence electrons. The monoisotopic (exact) mass is 224 g/mol. The van der Waals surface area contributed by atoms with Gasteiger partial charge in [-0.3, -0.25) is 4.79 Å². The largest absolute Gasteiger partial charge is 0.480 e. The molecule has 0 unspecified atom stereocenters. The molecule has 0 bridgehead atoms. The molecule has 1 rings (SSSR count). The van der Waals surface area contributed by atoms with Crippen molar-refractivity contribution in [1.82, 2.24) is 0 Å². The summed E-state index contributed by atoms with van der Waals surface area (Å²) < 4.78 is 0. The van der Waals surface area contributed by atoms with Crippen molar-refractivity contribution in [2.75, 3.05) is 0 Å². The maximum atomic E-state index is 11.3. The summed E-state index contributed by atoms with van der Waals surface area (Å²) in [4.78, 5) is 11.3. The first-order valence-electron chi connectivity index (χ1n) is 5.63. The number of carbonyl (C=O) groups is 1. The Labute approximate surface area is 93.1 Å². The third-order valence-electron chi connectivity index (χ3n) is 2.79. The number of rotatable bonds is 1. The molecule has 0 atom stereocenters. The van der Waals surface area contributed by atoms with Crippen LogP contribution in [0.25, 0.3) is 0 Å². The Kier molecular flexibility index (Phi) is 3.61. The Morgan fingerprint density at radius 2 is 1.73 bits per heavy atom. The standard InChI is InChI=1S/C12H20O2Si/c1-15(2,3)10-9-12(11(13)14)7-5-4-6-8-12/h4-8H2,1-3H3,(H,13,14). The minimum Gasteiger partial charge on any atom is -0.480 e. The van der Waals surface area contributed by atoms with Crippen LogP contribution in [-0.4, -0.2) is 19.1 Å². The lowest BCUT2D eigenvalue weighted by Crippen LogP contribution is -2.32. The summed E-state index contributed by atoms with van der Waals surface area (Å²) in [5, 5.41) is 9.30. The van der Waals surface area contributed by atoms with E-state index in [1.54, 1.807) is 0 Å². The van der Waals surface area contributed by atoms with Gasteiger partial charge in [0.1, 0.15) is 13.5 Å². The van der Waals surface area contributed by atoms with E-state index in [0.29, 0.717) is 0 Å². The zero-order valence-electron chi connectivity index (χ0n) is 9.89. The summed E-state index contributed by atoms with van der Waals surface area (Å²) >= 11 is 0. The van der Waals surface area contributed by atoms with Crippen LogP contribution >= 0.6 is 0 Å². The second-order valence-corrected chi connectivity index (χ2v) is 10.2. The normalized spacial score (nSPS) is 20.2. The summed E-state index contributed by atoms with van der Waals surface area (Å²) in [5.41, 5.74) is 2.50. The molecule has 1 saturated carbocycles. The van der Waals surface area contributed by atoms with Gasteiger partial charge in [-0.15, -0.1) is 5.54 Å². The van der Waals surface area contributed by atoms with E-state index in [0.717, 1.165) is 32.1 Å². The Balaban J connectivity index is 2.90. The smallest absolute Gasteiger partial charge is 0.321 e. The average Bonchev–Trinajstić information content (AvgIpc) is 2.15.